The third kappa shape index (κ3) is 12.3. The number of carbonyl (C=O) groups is 6. The van der Waals surface area contributed by atoms with Crippen LogP contribution in [0.4, 0.5) is 0 Å². The fourth-order valence-electron chi connectivity index (χ4n) is 8.33. The molecule has 2 aliphatic carbocycles. The first-order chi connectivity index (χ1) is 32.0. The van der Waals surface area contributed by atoms with Crippen molar-refractivity contribution in [3.8, 4) is 5.75 Å². The third-order valence-corrected chi connectivity index (χ3v) is 13.6. The molecular weight excluding hydrogens is 904 g/mol. The van der Waals surface area contributed by atoms with Gasteiger partial charge in [-0.05, 0) is 106 Å². The number of hydrogen-bond acceptors (Lipinski definition) is 11. The minimum Gasteiger partial charge on any atom is -0.508 e. The van der Waals surface area contributed by atoms with Gasteiger partial charge < -0.3 is 24.4 Å². The van der Waals surface area contributed by atoms with Gasteiger partial charge in [0.25, 0.3) is 0 Å². The van der Waals surface area contributed by atoms with Crippen molar-refractivity contribution < 1.29 is 43.3 Å². The van der Waals surface area contributed by atoms with Crippen molar-refractivity contribution in [2.24, 2.45) is 17.8 Å². The first-order valence-electron chi connectivity index (χ1n) is 23.3. The number of halogens is 2. The first kappa shape index (κ1) is 53.2. The Bertz CT molecular complexity index is 2550. The molecule has 0 radical (unpaired) electrons. The molecule has 1 aromatic rings. The van der Waals surface area contributed by atoms with Crippen LogP contribution in [0.3, 0.4) is 0 Å². The monoisotopic (exact) mass is 966 g/mol. The molecule has 13 heteroatoms. The van der Waals surface area contributed by atoms with Crippen LogP contribution in [0.2, 0.25) is 0 Å². The zero-order valence-electron chi connectivity index (χ0n) is 40.8. The maximum atomic E-state index is 13.9. The molecule has 5 rings (SSSR count). The van der Waals surface area contributed by atoms with Crippen molar-refractivity contribution in [2.75, 3.05) is 13.1 Å². The van der Waals surface area contributed by atoms with Crippen LogP contribution in [-0.2, 0) is 44.7 Å². The van der Waals surface area contributed by atoms with E-state index in [9.17, 15) is 33.9 Å². The summed E-state index contributed by atoms with van der Waals surface area (Å²) in [5, 5.41) is 9.51. The van der Waals surface area contributed by atoms with E-state index in [1.165, 1.54) is 13.8 Å². The second-order valence-electron chi connectivity index (χ2n) is 18.6. The number of fused-ring (bicyclic) bond motifs is 2. The molecule has 0 bridgehead atoms. The highest BCUT2D eigenvalue weighted by Gasteiger charge is 2.53. The fraction of sp³-hybridized carbons (Fsp3) is 0.418. The Morgan fingerprint density at radius 1 is 0.691 bits per heavy atom. The Hall–Kier alpha value is -5.78. The fourth-order valence-corrected chi connectivity index (χ4v) is 9.00. The van der Waals surface area contributed by atoms with Gasteiger partial charge in [-0.1, -0.05) is 118 Å². The van der Waals surface area contributed by atoms with Crippen molar-refractivity contribution in [3.63, 3.8) is 0 Å². The van der Waals surface area contributed by atoms with Gasteiger partial charge in [-0.3, -0.25) is 28.8 Å². The van der Waals surface area contributed by atoms with Gasteiger partial charge in [0.2, 0.25) is 34.3 Å². The second-order valence-corrected chi connectivity index (χ2v) is 19.3. The number of esters is 2. The van der Waals surface area contributed by atoms with Crippen molar-refractivity contribution in [1.82, 2.24) is 9.80 Å². The van der Waals surface area contributed by atoms with Crippen LogP contribution in [0.5, 0.6) is 5.75 Å². The number of allylic oxidation sites excluding steroid dienone is 12. The molecule has 0 amide bonds. The molecule has 362 valence electrons. The number of Topliss-reactive ketones (excluding diaryl/α,β-unsaturated/α-hetero) is 4. The lowest BCUT2D eigenvalue weighted by molar-refractivity contribution is -0.167. The van der Waals surface area contributed by atoms with E-state index in [1.54, 1.807) is 36.7 Å². The summed E-state index contributed by atoms with van der Waals surface area (Å²) in [5.74, 6) is -3.36. The first-order valence-corrected chi connectivity index (χ1v) is 24.1. The molecule has 11 nitrogen and oxygen atoms in total. The molecule has 2 aliphatic heterocycles. The summed E-state index contributed by atoms with van der Waals surface area (Å²) in [6, 6.07) is 6.89. The molecule has 2 heterocycles. The number of phenols is 1. The van der Waals surface area contributed by atoms with Gasteiger partial charge in [0, 0.05) is 73.0 Å². The smallest absolute Gasteiger partial charge is 0.304 e. The van der Waals surface area contributed by atoms with E-state index in [1.807, 2.05) is 47.1 Å². The summed E-state index contributed by atoms with van der Waals surface area (Å²) < 4.78 is 10.6. The van der Waals surface area contributed by atoms with Crippen LogP contribution in [0.15, 0.2) is 140 Å². The zero-order chi connectivity index (χ0) is 50.2. The normalized spacial score (nSPS) is 22.8. The largest absolute Gasteiger partial charge is 0.508 e. The van der Waals surface area contributed by atoms with E-state index < -0.39 is 46.3 Å². The average Bonchev–Trinajstić information content (AvgIpc) is 3.30. The number of ketones is 4. The molecule has 0 fully saturated rings. The van der Waals surface area contributed by atoms with Crippen molar-refractivity contribution >= 4 is 58.3 Å². The quantitative estimate of drug-likeness (QED) is 0.0802. The van der Waals surface area contributed by atoms with Gasteiger partial charge in [-0.15, -0.1) is 0 Å². The van der Waals surface area contributed by atoms with Gasteiger partial charge in [0.05, 0.1) is 10.1 Å². The maximum Gasteiger partial charge on any atom is 0.304 e. The van der Waals surface area contributed by atoms with Gasteiger partial charge in [-0.2, -0.15) is 0 Å². The van der Waals surface area contributed by atoms with E-state index in [-0.39, 0.29) is 44.4 Å². The van der Waals surface area contributed by atoms with Crippen molar-refractivity contribution in [2.45, 2.75) is 119 Å². The molecule has 0 aromatic heterocycles. The minimum absolute atomic E-state index is 0.151. The van der Waals surface area contributed by atoms with Crippen molar-refractivity contribution in [1.29, 1.82) is 0 Å². The van der Waals surface area contributed by atoms with Gasteiger partial charge in [0.15, 0.2) is 0 Å². The van der Waals surface area contributed by atoms with E-state index in [2.05, 4.69) is 52.8 Å². The van der Waals surface area contributed by atoms with Crippen LogP contribution in [0, 0.1) is 17.8 Å². The highest BCUT2D eigenvalue weighted by Crippen LogP contribution is 2.41. The Morgan fingerprint density at radius 2 is 1.16 bits per heavy atom. The van der Waals surface area contributed by atoms with Crippen LogP contribution in [-0.4, -0.2) is 74.3 Å². The predicted molar refractivity (Wildman–Crippen MR) is 266 cm³/mol. The van der Waals surface area contributed by atoms with Gasteiger partial charge in [-0.25, -0.2) is 0 Å². The van der Waals surface area contributed by atoms with Crippen LogP contribution >= 0.6 is 23.2 Å². The molecule has 5 unspecified atom stereocenters. The molecular formula is C55H64Cl2N2O9. The number of hydrogen-bond donors (Lipinski definition) is 1. The number of benzene rings is 1. The summed E-state index contributed by atoms with van der Waals surface area (Å²) >= 11 is 13.3. The standard InChI is InChI=1S/C55H64Cl2N2O9/c1-11-33(3)27-36(6)14-19-41-29-44-46(50(63)54(9,67-37(7)60)52(65)48(44)56)31-58(41)25-23-35(5)13-15-40(28-34(4)12-2)16-20-42-30-45-47(32-59(42)26-24-39-17-21-43(62)22-18-39)51(64)55(10,68-38(8)61)53(66)49(45)57/h14,16-22,27-35,62H,11-13,15,23-26H2,1-10H3/b19-14+,20-16+,36-27+,40-28+. The van der Waals surface area contributed by atoms with Crippen LogP contribution in [0.25, 0.3) is 0 Å². The molecule has 0 saturated heterocycles. The van der Waals surface area contributed by atoms with E-state index in [0.29, 0.717) is 36.7 Å². The van der Waals surface area contributed by atoms with Gasteiger partial charge >= 0.3 is 11.9 Å². The summed E-state index contributed by atoms with van der Waals surface area (Å²) in [5.41, 5.74) is 1.32. The second kappa shape index (κ2) is 22.6. The maximum absolute atomic E-state index is 13.9. The minimum atomic E-state index is -2.10. The average molecular weight is 968 g/mol. The Balaban J connectivity index is 1.41. The summed E-state index contributed by atoms with van der Waals surface area (Å²) in [6.07, 6.45) is 24.1. The van der Waals surface area contributed by atoms with Crippen molar-refractivity contribution in [3.05, 3.63) is 146 Å². The predicted octanol–water partition coefficient (Wildman–Crippen LogP) is 10.9. The van der Waals surface area contributed by atoms with Crippen LogP contribution < -0.4 is 0 Å². The Kier molecular flexibility index (Phi) is 17.6. The lowest BCUT2D eigenvalue weighted by Crippen LogP contribution is -2.52. The number of ether oxygens (including phenoxy) is 2. The summed E-state index contributed by atoms with van der Waals surface area (Å²) in [4.78, 5) is 82.8. The highest BCUT2D eigenvalue weighted by molar-refractivity contribution is 6.50. The summed E-state index contributed by atoms with van der Waals surface area (Å²) in [7, 11) is 0. The molecule has 0 saturated carbocycles. The molecule has 68 heavy (non-hydrogen) atoms. The molecule has 0 spiro atoms. The lowest BCUT2D eigenvalue weighted by Gasteiger charge is -2.36. The van der Waals surface area contributed by atoms with Gasteiger partial charge in [0.1, 0.15) is 5.75 Å². The Labute approximate surface area is 411 Å². The lowest BCUT2D eigenvalue weighted by atomic mass is 9.79. The van der Waals surface area contributed by atoms with Crippen LogP contribution in [0.1, 0.15) is 107 Å². The third-order valence-electron chi connectivity index (χ3n) is 12.9. The number of nitrogens with zero attached hydrogens (tertiary/aromatic N) is 2. The number of aromatic hydroxyl groups is 1. The van der Waals surface area contributed by atoms with E-state index >= 15 is 0 Å². The molecule has 1 N–H and O–H groups in total. The van der Waals surface area contributed by atoms with E-state index in [0.717, 1.165) is 68.4 Å². The SMILES string of the molecule is CCC(C)/C=C(C)/C=C/C1=CC2=C(Cl)C(=O)C(C)(OC(C)=O)C(=O)C2=CN1CCC(C)CCC(/C=C/C1=CC2=C(Cl)C(=O)C(C)(OC(C)=O)C(=O)C2=CN1CCc1ccc(O)cc1)=C\C(C)CC. The summed E-state index contributed by atoms with van der Waals surface area (Å²) in [6.45, 7) is 18.6. The number of rotatable bonds is 19. The van der Waals surface area contributed by atoms with E-state index in [4.69, 9.17) is 32.7 Å². The molecule has 1 aromatic carbocycles. The molecule has 4 aliphatic rings. The highest BCUT2D eigenvalue weighted by atomic mass is 35.5. The molecule has 5 atom stereocenters. The zero-order valence-corrected chi connectivity index (χ0v) is 42.3. The number of phenolic OH excluding ortho intramolecular Hbond substituents is 1. The number of carbonyl (C=O) groups excluding carboxylic acids is 6. The Morgan fingerprint density at radius 3 is 1.65 bits per heavy atom. The topological polar surface area (TPSA) is 148 Å².